The molecule has 0 aliphatic heterocycles. The highest BCUT2D eigenvalue weighted by atomic mass is 32.1. The van der Waals surface area contributed by atoms with E-state index >= 15 is 0 Å². The molecule has 0 saturated heterocycles. The van der Waals surface area contributed by atoms with Crippen LogP contribution in [-0.4, -0.2) is 33.5 Å². The van der Waals surface area contributed by atoms with Gasteiger partial charge in [0, 0.05) is 23.9 Å². The van der Waals surface area contributed by atoms with Gasteiger partial charge in [-0.15, -0.1) is 11.3 Å². The Balaban J connectivity index is 1.63. The summed E-state index contributed by atoms with van der Waals surface area (Å²) in [6.45, 7) is 4.22. The standard InChI is InChI=1S/C26H27N3O3S/c1-18(15-22-7-6-14-33-22)28(16-20-10-12-21(32-3)13-11-20)25(30)17-29-19(2)27-24-9-5-4-8-23(24)26(29)31/h4-14,18H,15-17H2,1-3H3/t18-/m0/s1. The van der Waals surface area contributed by atoms with Crippen molar-refractivity contribution in [3.63, 3.8) is 0 Å². The van der Waals surface area contributed by atoms with E-state index in [2.05, 4.69) is 18.0 Å². The molecule has 4 rings (SSSR count). The number of carbonyl (C=O) groups excluding carboxylic acids is 1. The number of fused-ring (bicyclic) bond motifs is 1. The van der Waals surface area contributed by atoms with Gasteiger partial charge in [0.25, 0.3) is 5.56 Å². The van der Waals surface area contributed by atoms with E-state index in [1.54, 1.807) is 31.4 Å². The van der Waals surface area contributed by atoms with Gasteiger partial charge in [-0.25, -0.2) is 4.98 Å². The molecule has 0 aliphatic rings. The number of thiophene rings is 1. The topological polar surface area (TPSA) is 64.4 Å². The molecule has 7 heteroatoms. The largest absolute Gasteiger partial charge is 0.497 e. The summed E-state index contributed by atoms with van der Waals surface area (Å²) in [7, 11) is 1.63. The molecular formula is C26H27N3O3S. The van der Waals surface area contributed by atoms with Crippen molar-refractivity contribution in [3.05, 3.63) is 92.7 Å². The summed E-state index contributed by atoms with van der Waals surface area (Å²) >= 11 is 1.68. The molecule has 170 valence electrons. The van der Waals surface area contributed by atoms with E-state index in [9.17, 15) is 9.59 Å². The fourth-order valence-corrected chi connectivity index (χ4v) is 4.77. The minimum absolute atomic E-state index is 0.0392. The first-order chi connectivity index (χ1) is 16.0. The second kappa shape index (κ2) is 10.0. The highest BCUT2D eigenvalue weighted by Crippen LogP contribution is 2.19. The van der Waals surface area contributed by atoms with Crippen LogP contribution in [0.5, 0.6) is 5.75 Å². The number of ether oxygens (including phenoxy) is 1. The summed E-state index contributed by atoms with van der Waals surface area (Å²) in [5.41, 5.74) is 1.45. The zero-order chi connectivity index (χ0) is 23.4. The molecule has 0 spiro atoms. The number of para-hydroxylation sites is 1. The van der Waals surface area contributed by atoms with Gasteiger partial charge in [0.05, 0.1) is 18.0 Å². The number of amides is 1. The molecule has 6 nitrogen and oxygen atoms in total. The lowest BCUT2D eigenvalue weighted by Crippen LogP contribution is -2.43. The van der Waals surface area contributed by atoms with Crippen LogP contribution in [0.2, 0.25) is 0 Å². The van der Waals surface area contributed by atoms with Crippen LogP contribution in [0, 0.1) is 6.92 Å². The molecule has 0 saturated carbocycles. The SMILES string of the molecule is COc1ccc(CN(C(=O)Cn2c(C)nc3ccccc3c2=O)[C@@H](C)Cc2cccs2)cc1. The van der Waals surface area contributed by atoms with Crippen LogP contribution in [0.4, 0.5) is 0 Å². The fraction of sp³-hybridized carbons (Fsp3) is 0.269. The fourth-order valence-electron chi connectivity index (χ4n) is 3.94. The number of aromatic nitrogens is 2. The number of rotatable bonds is 8. The number of hydrogen-bond donors (Lipinski definition) is 0. The Labute approximate surface area is 197 Å². The van der Waals surface area contributed by atoms with Gasteiger partial charge in [-0.05, 0) is 55.1 Å². The molecule has 33 heavy (non-hydrogen) atoms. The molecule has 0 bridgehead atoms. The van der Waals surface area contributed by atoms with Crippen molar-refractivity contribution >= 4 is 28.1 Å². The van der Waals surface area contributed by atoms with Crippen LogP contribution in [0.15, 0.2) is 70.8 Å². The first-order valence-corrected chi connectivity index (χ1v) is 11.7. The molecule has 0 aliphatic carbocycles. The van der Waals surface area contributed by atoms with Gasteiger partial charge >= 0.3 is 0 Å². The quantitative estimate of drug-likeness (QED) is 0.389. The average molecular weight is 462 g/mol. The van der Waals surface area contributed by atoms with Crippen LogP contribution in [-0.2, 0) is 24.3 Å². The maximum absolute atomic E-state index is 13.6. The molecule has 4 aromatic rings. The predicted molar refractivity (Wildman–Crippen MR) is 132 cm³/mol. The first-order valence-electron chi connectivity index (χ1n) is 10.9. The third-order valence-electron chi connectivity index (χ3n) is 5.79. The number of carbonyl (C=O) groups is 1. The Morgan fingerprint density at radius 1 is 1.12 bits per heavy atom. The number of aryl methyl sites for hydroxylation is 1. The lowest BCUT2D eigenvalue weighted by Gasteiger charge is -2.30. The lowest BCUT2D eigenvalue weighted by atomic mass is 10.1. The number of hydrogen-bond acceptors (Lipinski definition) is 5. The molecule has 2 aromatic heterocycles. The average Bonchev–Trinajstić information content (AvgIpc) is 3.33. The predicted octanol–water partition coefficient (Wildman–Crippen LogP) is 4.44. The zero-order valence-corrected chi connectivity index (χ0v) is 19.8. The molecule has 2 heterocycles. The van der Waals surface area contributed by atoms with Crippen molar-refractivity contribution in [3.8, 4) is 5.75 Å². The molecule has 2 aromatic carbocycles. The number of methoxy groups -OCH3 is 1. The summed E-state index contributed by atoms with van der Waals surface area (Å²) in [6.07, 6.45) is 0.753. The second-order valence-corrected chi connectivity index (χ2v) is 9.10. The maximum Gasteiger partial charge on any atom is 0.261 e. The summed E-state index contributed by atoms with van der Waals surface area (Å²) < 4.78 is 6.73. The normalized spacial score (nSPS) is 12.0. The van der Waals surface area contributed by atoms with Crippen LogP contribution in [0.3, 0.4) is 0 Å². The van der Waals surface area contributed by atoms with Crippen LogP contribution in [0.1, 0.15) is 23.2 Å². The van der Waals surface area contributed by atoms with Crippen molar-refractivity contribution in [2.45, 2.75) is 39.4 Å². The third-order valence-corrected chi connectivity index (χ3v) is 6.69. The van der Waals surface area contributed by atoms with E-state index in [1.807, 2.05) is 58.8 Å². The monoisotopic (exact) mass is 461 g/mol. The van der Waals surface area contributed by atoms with E-state index in [4.69, 9.17) is 4.74 Å². The Morgan fingerprint density at radius 2 is 1.88 bits per heavy atom. The van der Waals surface area contributed by atoms with E-state index in [1.165, 1.54) is 9.44 Å². The highest BCUT2D eigenvalue weighted by Gasteiger charge is 2.23. The van der Waals surface area contributed by atoms with Gasteiger partial charge in [0.1, 0.15) is 18.1 Å². The van der Waals surface area contributed by atoms with Gasteiger partial charge in [0.15, 0.2) is 0 Å². The first kappa shape index (κ1) is 22.7. The van der Waals surface area contributed by atoms with Gasteiger partial charge in [0.2, 0.25) is 5.91 Å². The summed E-state index contributed by atoms with van der Waals surface area (Å²) in [4.78, 5) is 34.3. The van der Waals surface area contributed by atoms with Crippen molar-refractivity contribution in [1.29, 1.82) is 0 Å². The number of nitrogens with zero attached hydrogens (tertiary/aromatic N) is 3. The van der Waals surface area contributed by atoms with Gasteiger partial charge in [-0.2, -0.15) is 0 Å². The van der Waals surface area contributed by atoms with Crippen LogP contribution < -0.4 is 10.3 Å². The smallest absolute Gasteiger partial charge is 0.261 e. The van der Waals surface area contributed by atoms with Crippen LogP contribution >= 0.6 is 11.3 Å². The highest BCUT2D eigenvalue weighted by molar-refractivity contribution is 7.09. The Bertz CT molecular complexity index is 1300. The molecular weight excluding hydrogens is 434 g/mol. The molecule has 0 fully saturated rings. The van der Waals surface area contributed by atoms with Gasteiger partial charge < -0.3 is 9.64 Å². The number of benzene rings is 2. The van der Waals surface area contributed by atoms with Gasteiger partial charge in [-0.1, -0.05) is 30.3 Å². The third kappa shape index (κ3) is 5.14. The van der Waals surface area contributed by atoms with E-state index < -0.39 is 0 Å². The summed E-state index contributed by atoms with van der Waals surface area (Å²) in [5, 5.41) is 2.56. The summed E-state index contributed by atoms with van der Waals surface area (Å²) in [6, 6.07) is 19.0. The summed E-state index contributed by atoms with van der Waals surface area (Å²) in [5.74, 6) is 1.19. The zero-order valence-electron chi connectivity index (χ0n) is 19.0. The van der Waals surface area contributed by atoms with E-state index in [0.717, 1.165) is 17.7 Å². The van der Waals surface area contributed by atoms with Gasteiger partial charge in [-0.3, -0.25) is 14.2 Å². The van der Waals surface area contributed by atoms with E-state index in [0.29, 0.717) is 23.3 Å². The molecule has 1 amide bonds. The van der Waals surface area contributed by atoms with Crippen molar-refractivity contribution in [2.75, 3.05) is 7.11 Å². The Kier molecular flexibility index (Phi) is 6.89. The van der Waals surface area contributed by atoms with Crippen molar-refractivity contribution < 1.29 is 9.53 Å². The second-order valence-electron chi connectivity index (χ2n) is 8.07. The Morgan fingerprint density at radius 3 is 2.58 bits per heavy atom. The van der Waals surface area contributed by atoms with E-state index in [-0.39, 0.29) is 24.1 Å². The van der Waals surface area contributed by atoms with Crippen molar-refractivity contribution in [2.24, 2.45) is 0 Å². The molecule has 0 radical (unpaired) electrons. The van der Waals surface area contributed by atoms with Crippen LogP contribution in [0.25, 0.3) is 10.9 Å². The maximum atomic E-state index is 13.6. The van der Waals surface area contributed by atoms with Crippen molar-refractivity contribution in [1.82, 2.24) is 14.5 Å². The molecule has 1 atom stereocenters. The Hall–Kier alpha value is -3.45. The minimum atomic E-state index is -0.193. The molecule has 0 unspecified atom stereocenters. The molecule has 0 N–H and O–H groups in total. The lowest BCUT2D eigenvalue weighted by molar-refractivity contribution is -0.134. The minimum Gasteiger partial charge on any atom is -0.497 e.